The van der Waals surface area contributed by atoms with Gasteiger partial charge in [-0.05, 0) is 46.2 Å². The Morgan fingerprint density at radius 2 is 2.25 bits per heavy atom. The van der Waals surface area contributed by atoms with Gasteiger partial charge in [0.1, 0.15) is 6.10 Å². The van der Waals surface area contributed by atoms with Crippen LogP contribution >= 0.6 is 0 Å². The van der Waals surface area contributed by atoms with Crippen molar-refractivity contribution in [1.82, 2.24) is 15.3 Å². The van der Waals surface area contributed by atoms with Gasteiger partial charge in [0.05, 0.1) is 17.9 Å². The Labute approximate surface area is 118 Å². The molecular weight excluding hydrogens is 258 g/mol. The lowest BCUT2D eigenvalue weighted by molar-refractivity contribution is 0.0517. The molecule has 0 bridgehead atoms. The molecule has 1 aromatic rings. The number of hydrogen-bond acceptors (Lipinski definition) is 6. The maximum Gasteiger partial charge on any atom is 0.341 e. The van der Waals surface area contributed by atoms with Gasteiger partial charge in [-0.25, -0.2) is 9.78 Å². The molecule has 1 saturated carbocycles. The van der Waals surface area contributed by atoms with E-state index in [1.807, 2.05) is 7.05 Å². The first-order valence-electron chi connectivity index (χ1n) is 6.96. The summed E-state index contributed by atoms with van der Waals surface area (Å²) in [4.78, 5) is 19.9. The van der Waals surface area contributed by atoms with Crippen LogP contribution in [0.2, 0.25) is 0 Å². The number of hydrogen-bond donors (Lipinski definition) is 1. The van der Waals surface area contributed by atoms with Gasteiger partial charge in [0.2, 0.25) is 0 Å². The quantitative estimate of drug-likeness (QED) is 0.792. The van der Waals surface area contributed by atoms with Crippen LogP contribution in [0.5, 0.6) is 6.01 Å². The highest BCUT2D eigenvalue weighted by atomic mass is 16.5. The lowest BCUT2D eigenvalue weighted by Crippen LogP contribution is -2.39. The van der Waals surface area contributed by atoms with Gasteiger partial charge in [-0.15, -0.1) is 0 Å². The van der Waals surface area contributed by atoms with Crippen molar-refractivity contribution in [2.75, 3.05) is 20.2 Å². The fourth-order valence-electron chi connectivity index (χ4n) is 2.29. The molecule has 0 amide bonds. The van der Waals surface area contributed by atoms with E-state index in [0.717, 1.165) is 19.4 Å². The lowest BCUT2D eigenvalue weighted by atomic mass is 9.82. The summed E-state index contributed by atoms with van der Waals surface area (Å²) in [6, 6.07) is 0.337. The Balaban J connectivity index is 1.91. The lowest BCUT2D eigenvalue weighted by Gasteiger charge is -2.34. The van der Waals surface area contributed by atoms with E-state index in [0.29, 0.717) is 29.8 Å². The topological polar surface area (TPSA) is 73.3 Å². The molecule has 1 fully saturated rings. The third kappa shape index (κ3) is 3.45. The first-order chi connectivity index (χ1) is 9.63. The van der Waals surface area contributed by atoms with Gasteiger partial charge >= 0.3 is 12.0 Å². The van der Waals surface area contributed by atoms with Gasteiger partial charge in [0, 0.05) is 6.20 Å². The second-order valence-corrected chi connectivity index (χ2v) is 5.01. The molecule has 0 aliphatic heterocycles. The summed E-state index contributed by atoms with van der Waals surface area (Å²) in [6.45, 7) is 4.88. The number of esters is 1. The highest BCUT2D eigenvalue weighted by molar-refractivity contribution is 5.90. The fourth-order valence-corrected chi connectivity index (χ4v) is 2.29. The summed E-state index contributed by atoms with van der Waals surface area (Å²) < 4.78 is 10.6. The zero-order valence-corrected chi connectivity index (χ0v) is 12.2. The van der Waals surface area contributed by atoms with Crippen LogP contribution in [0.3, 0.4) is 0 Å². The van der Waals surface area contributed by atoms with E-state index >= 15 is 0 Å². The molecule has 1 N–H and O–H groups in total. The maximum atomic E-state index is 11.6. The molecular formula is C14H21N3O3. The molecule has 0 spiro atoms. The van der Waals surface area contributed by atoms with Crippen molar-refractivity contribution in [3.8, 4) is 6.01 Å². The molecule has 2 rings (SSSR count). The van der Waals surface area contributed by atoms with E-state index in [2.05, 4.69) is 15.3 Å². The molecule has 1 aromatic heterocycles. The van der Waals surface area contributed by atoms with Crippen LogP contribution in [0.4, 0.5) is 0 Å². The van der Waals surface area contributed by atoms with E-state index < -0.39 is 5.97 Å². The predicted molar refractivity (Wildman–Crippen MR) is 73.8 cm³/mol. The second-order valence-electron chi connectivity index (χ2n) is 5.01. The Bertz CT molecular complexity index is 473. The van der Waals surface area contributed by atoms with Gasteiger partial charge < -0.3 is 14.8 Å². The minimum Gasteiger partial charge on any atom is -0.462 e. The molecule has 1 aliphatic carbocycles. The molecule has 0 radical (unpaired) electrons. The minimum atomic E-state index is -0.394. The molecule has 20 heavy (non-hydrogen) atoms. The van der Waals surface area contributed by atoms with Gasteiger partial charge in [-0.2, -0.15) is 4.98 Å². The maximum absolute atomic E-state index is 11.6. The summed E-state index contributed by atoms with van der Waals surface area (Å²) in [5, 5.41) is 3.16. The largest absolute Gasteiger partial charge is 0.462 e. The van der Waals surface area contributed by atoms with E-state index in [9.17, 15) is 4.79 Å². The van der Waals surface area contributed by atoms with Crippen LogP contribution in [0.25, 0.3) is 0 Å². The Kier molecular flexibility index (Phi) is 4.89. The monoisotopic (exact) mass is 279 g/mol. The molecule has 0 atom stereocenters. The number of ether oxygens (including phenoxy) is 2. The normalized spacial score (nSPS) is 21.1. The van der Waals surface area contributed by atoms with Crippen LogP contribution in [0.1, 0.15) is 35.8 Å². The number of carbonyl (C=O) groups is 1. The summed E-state index contributed by atoms with van der Waals surface area (Å²) in [5.74, 6) is 0.277. The van der Waals surface area contributed by atoms with E-state index in [1.165, 1.54) is 6.20 Å². The average Bonchev–Trinajstić information content (AvgIpc) is 2.36. The van der Waals surface area contributed by atoms with Gasteiger partial charge in [0.15, 0.2) is 0 Å². The number of nitrogens with zero attached hydrogens (tertiary/aromatic N) is 2. The summed E-state index contributed by atoms with van der Waals surface area (Å²) in [6.07, 6.45) is 3.69. The molecule has 0 aromatic carbocycles. The predicted octanol–water partition coefficient (Wildman–Crippen LogP) is 1.34. The Morgan fingerprint density at radius 3 is 2.85 bits per heavy atom. The third-order valence-electron chi connectivity index (χ3n) is 3.41. The zero-order chi connectivity index (χ0) is 14.5. The van der Waals surface area contributed by atoms with Crippen molar-refractivity contribution in [2.45, 2.75) is 32.8 Å². The van der Waals surface area contributed by atoms with Crippen molar-refractivity contribution in [3.05, 3.63) is 17.5 Å². The third-order valence-corrected chi connectivity index (χ3v) is 3.41. The van der Waals surface area contributed by atoms with Crippen molar-refractivity contribution in [3.63, 3.8) is 0 Å². The standard InChI is InChI=1S/C14H21N3O3/c1-4-19-13(18)12-8-16-14(17-9(12)2)20-11-5-10(6-11)7-15-3/h8,10-11,15H,4-7H2,1-3H3. The van der Waals surface area contributed by atoms with Crippen LogP contribution in [0, 0.1) is 12.8 Å². The second kappa shape index (κ2) is 6.65. The summed E-state index contributed by atoms with van der Waals surface area (Å²) in [5.41, 5.74) is 0.973. The van der Waals surface area contributed by atoms with Crippen LogP contribution in [0.15, 0.2) is 6.20 Å². The number of aryl methyl sites for hydroxylation is 1. The Morgan fingerprint density at radius 1 is 1.50 bits per heavy atom. The smallest absolute Gasteiger partial charge is 0.341 e. The first-order valence-corrected chi connectivity index (χ1v) is 6.96. The van der Waals surface area contributed by atoms with Crippen molar-refractivity contribution in [2.24, 2.45) is 5.92 Å². The SMILES string of the molecule is CCOC(=O)c1cnc(OC2CC(CNC)C2)nc1C. The number of aromatic nitrogens is 2. The van der Waals surface area contributed by atoms with Crippen molar-refractivity contribution >= 4 is 5.97 Å². The fraction of sp³-hybridized carbons (Fsp3) is 0.643. The average molecular weight is 279 g/mol. The Hall–Kier alpha value is -1.69. The van der Waals surface area contributed by atoms with Gasteiger partial charge in [-0.3, -0.25) is 0 Å². The van der Waals surface area contributed by atoms with E-state index in [4.69, 9.17) is 9.47 Å². The molecule has 1 heterocycles. The molecule has 1 aliphatic rings. The molecule has 110 valence electrons. The van der Waals surface area contributed by atoms with Crippen molar-refractivity contribution < 1.29 is 14.3 Å². The molecule has 6 nitrogen and oxygen atoms in total. The number of rotatable bonds is 6. The minimum absolute atomic E-state index is 0.182. The summed E-state index contributed by atoms with van der Waals surface area (Å²) >= 11 is 0. The van der Waals surface area contributed by atoms with Gasteiger partial charge in [-0.1, -0.05) is 0 Å². The molecule has 0 unspecified atom stereocenters. The zero-order valence-electron chi connectivity index (χ0n) is 12.2. The number of nitrogens with one attached hydrogen (secondary N) is 1. The van der Waals surface area contributed by atoms with E-state index in [1.54, 1.807) is 13.8 Å². The van der Waals surface area contributed by atoms with Gasteiger partial charge in [0.25, 0.3) is 0 Å². The van der Waals surface area contributed by atoms with Crippen LogP contribution in [-0.4, -0.2) is 42.2 Å². The highest BCUT2D eigenvalue weighted by Crippen LogP contribution is 2.29. The van der Waals surface area contributed by atoms with Crippen molar-refractivity contribution in [1.29, 1.82) is 0 Å². The molecule has 6 heteroatoms. The highest BCUT2D eigenvalue weighted by Gasteiger charge is 2.31. The molecule has 0 saturated heterocycles. The first kappa shape index (κ1) is 14.7. The summed E-state index contributed by atoms with van der Waals surface area (Å²) in [7, 11) is 1.95. The number of carbonyl (C=O) groups excluding carboxylic acids is 1. The van der Waals surface area contributed by atoms with Crippen LogP contribution in [-0.2, 0) is 4.74 Å². The van der Waals surface area contributed by atoms with E-state index in [-0.39, 0.29) is 6.10 Å². The van der Waals surface area contributed by atoms with Crippen LogP contribution < -0.4 is 10.1 Å².